The van der Waals surface area contributed by atoms with Crippen LogP contribution in [0.25, 0.3) is 0 Å². The van der Waals surface area contributed by atoms with E-state index in [4.69, 9.17) is 15.6 Å². The molecule has 1 fully saturated rings. The molecule has 2 heterocycles. The first kappa shape index (κ1) is 12.3. The number of nitrogens with two attached hydrogens (primary N) is 1. The number of carboxylic acid groups (broad SMARTS) is 1. The van der Waals surface area contributed by atoms with Gasteiger partial charge in [0.1, 0.15) is 6.10 Å². The summed E-state index contributed by atoms with van der Waals surface area (Å²) in [5.74, 6) is -1.39. The number of carbonyl (C=O) groups excluding carboxylic acids is 1. The van der Waals surface area contributed by atoms with Crippen molar-refractivity contribution >= 4 is 17.6 Å². The number of aliphatic carboxylic acids is 1. The van der Waals surface area contributed by atoms with Crippen LogP contribution in [0.5, 0.6) is 0 Å². The molecular formula is C11H13N3O4. The van der Waals surface area contributed by atoms with Crippen LogP contribution in [-0.4, -0.2) is 40.7 Å². The lowest BCUT2D eigenvalue weighted by Crippen LogP contribution is -2.40. The first-order chi connectivity index (χ1) is 8.56. The summed E-state index contributed by atoms with van der Waals surface area (Å²) in [5, 5.41) is 11.4. The van der Waals surface area contributed by atoms with Gasteiger partial charge in [0, 0.05) is 12.4 Å². The number of nitrogens with zero attached hydrogens (tertiary/aromatic N) is 1. The summed E-state index contributed by atoms with van der Waals surface area (Å²) in [5.41, 5.74) is 6.19. The maximum Gasteiger partial charge on any atom is 0.305 e. The second kappa shape index (κ2) is 5.01. The van der Waals surface area contributed by atoms with Crippen LogP contribution in [0.15, 0.2) is 18.5 Å². The predicted octanol–water partition coefficient (Wildman–Crippen LogP) is -0.364. The molecule has 7 heteroatoms. The molecule has 1 aromatic heterocycles. The standard InChI is InChI=1S/C11H13N3O4/c12-7-1-6(3-13-4-7)11(17)14-8(2-10(15)16)9-5-18-9/h1,3-4,8-9H,2,5,12H2,(H,14,17)(H,15,16)/t8-,9?/m0/s1. The molecule has 1 unspecified atom stereocenters. The van der Waals surface area contributed by atoms with E-state index in [0.29, 0.717) is 17.9 Å². The monoisotopic (exact) mass is 251 g/mol. The zero-order valence-electron chi connectivity index (χ0n) is 9.50. The summed E-state index contributed by atoms with van der Waals surface area (Å²) in [6.07, 6.45) is 2.40. The third-order valence-corrected chi connectivity index (χ3v) is 2.54. The van der Waals surface area contributed by atoms with E-state index in [9.17, 15) is 9.59 Å². The van der Waals surface area contributed by atoms with Gasteiger partial charge in [-0.25, -0.2) is 0 Å². The number of hydrogen-bond donors (Lipinski definition) is 3. The molecule has 2 rings (SSSR count). The molecule has 0 spiro atoms. The smallest absolute Gasteiger partial charge is 0.305 e. The maximum atomic E-state index is 11.9. The van der Waals surface area contributed by atoms with Crippen LogP contribution >= 0.6 is 0 Å². The Bertz CT molecular complexity index is 473. The highest BCUT2D eigenvalue weighted by Crippen LogP contribution is 2.17. The molecule has 2 atom stereocenters. The van der Waals surface area contributed by atoms with Crippen molar-refractivity contribution in [1.82, 2.24) is 10.3 Å². The third kappa shape index (κ3) is 3.17. The van der Waals surface area contributed by atoms with E-state index < -0.39 is 17.9 Å². The van der Waals surface area contributed by atoms with Gasteiger partial charge in [0.25, 0.3) is 5.91 Å². The lowest BCUT2D eigenvalue weighted by atomic mass is 10.1. The van der Waals surface area contributed by atoms with Crippen molar-refractivity contribution in [2.75, 3.05) is 12.3 Å². The molecule has 1 amide bonds. The van der Waals surface area contributed by atoms with Gasteiger partial charge in [0.2, 0.25) is 0 Å². The second-order valence-electron chi connectivity index (χ2n) is 4.06. The van der Waals surface area contributed by atoms with Gasteiger partial charge in [0.05, 0.1) is 30.3 Å². The number of nitrogen functional groups attached to an aromatic ring is 1. The van der Waals surface area contributed by atoms with Gasteiger partial charge in [-0.2, -0.15) is 0 Å². The zero-order valence-corrected chi connectivity index (χ0v) is 9.50. The summed E-state index contributed by atoms with van der Waals surface area (Å²) < 4.78 is 5.01. The minimum absolute atomic E-state index is 0.174. The van der Waals surface area contributed by atoms with E-state index in [2.05, 4.69) is 10.3 Å². The molecule has 1 aliphatic rings. The van der Waals surface area contributed by atoms with Gasteiger partial charge in [0.15, 0.2) is 0 Å². The summed E-state index contributed by atoms with van der Waals surface area (Å²) in [6.45, 7) is 0.466. The number of nitrogens with one attached hydrogen (secondary N) is 1. The number of pyridine rings is 1. The fourth-order valence-corrected chi connectivity index (χ4v) is 1.59. The van der Waals surface area contributed by atoms with Crippen molar-refractivity contribution in [3.8, 4) is 0 Å². The van der Waals surface area contributed by atoms with Crippen molar-refractivity contribution in [3.63, 3.8) is 0 Å². The summed E-state index contributed by atoms with van der Waals surface area (Å²) in [7, 11) is 0. The van der Waals surface area contributed by atoms with Gasteiger partial charge in [-0.15, -0.1) is 0 Å². The average molecular weight is 251 g/mol. The molecule has 0 aromatic carbocycles. The van der Waals surface area contributed by atoms with Crippen LogP contribution in [0.3, 0.4) is 0 Å². The minimum atomic E-state index is -0.985. The number of aromatic nitrogens is 1. The maximum absolute atomic E-state index is 11.9. The molecule has 1 saturated heterocycles. The van der Waals surface area contributed by atoms with E-state index in [1.54, 1.807) is 0 Å². The molecule has 4 N–H and O–H groups in total. The quantitative estimate of drug-likeness (QED) is 0.615. The fraction of sp³-hybridized carbons (Fsp3) is 0.364. The number of ether oxygens (including phenoxy) is 1. The predicted molar refractivity (Wildman–Crippen MR) is 61.9 cm³/mol. The Morgan fingerprint density at radius 1 is 1.61 bits per heavy atom. The minimum Gasteiger partial charge on any atom is -0.481 e. The molecule has 1 aliphatic heterocycles. The Morgan fingerprint density at radius 3 is 2.89 bits per heavy atom. The highest BCUT2D eigenvalue weighted by molar-refractivity contribution is 5.95. The number of amides is 1. The number of carboxylic acids is 1. The topological polar surface area (TPSA) is 118 Å². The van der Waals surface area contributed by atoms with E-state index in [-0.39, 0.29) is 12.5 Å². The fourth-order valence-electron chi connectivity index (χ4n) is 1.59. The lowest BCUT2D eigenvalue weighted by molar-refractivity contribution is -0.137. The van der Waals surface area contributed by atoms with Gasteiger partial charge in [-0.3, -0.25) is 14.6 Å². The Labute approximate surface area is 103 Å². The van der Waals surface area contributed by atoms with Crippen LogP contribution in [0, 0.1) is 0 Å². The molecule has 0 aliphatic carbocycles. The molecule has 7 nitrogen and oxygen atoms in total. The first-order valence-corrected chi connectivity index (χ1v) is 5.41. The van der Waals surface area contributed by atoms with Crippen LogP contribution in [0.1, 0.15) is 16.8 Å². The molecule has 18 heavy (non-hydrogen) atoms. The number of carbonyl (C=O) groups is 2. The molecular weight excluding hydrogens is 238 g/mol. The van der Waals surface area contributed by atoms with Gasteiger partial charge >= 0.3 is 5.97 Å². The van der Waals surface area contributed by atoms with E-state index in [1.165, 1.54) is 18.5 Å². The number of hydrogen-bond acceptors (Lipinski definition) is 5. The van der Waals surface area contributed by atoms with Crippen molar-refractivity contribution in [3.05, 3.63) is 24.0 Å². The number of anilines is 1. The number of rotatable bonds is 5. The molecule has 0 radical (unpaired) electrons. The van der Waals surface area contributed by atoms with Crippen molar-refractivity contribution in [2.45, 2.75) is 18.6 Å². The van der Waals surface area contributed by atoms with E-state index in [1.807, 2.05) is 0 Å². The van der Waals surface area contributed by atoms with Crippen molar-refractivity contribution in [1.29, 1.82) is 0 Å². The summed E-state index contributed by atoms with van der Waals surface area (Å²) in [6, 6.07) is 0.949. The highest BCUT2D eigenvalue weighted by Gasteiger charge is 2.35. The zero-order chi connectivity index (χ0) is 13.1. The molecule has 1 aromatic rings. The largest absolute Gasteiger partial charge is 0.481 e. The highest BCUT2D eigenvalue weighted by atomic mass is 16.6. The molecule has 96 valence electrons. The average Bonchev–Trinajstić information content (AvgIpc) is 3.11. The van der Waals surface area contributed by atoms with Gasteiger partial charge in [-0.1, -0.05) is 0 Å². The Morgan fingerprint density at radius 2 is 2.33 bits per heavy atom. The Kier molecular flexibility index (Phi) is 3.42. The second-order valence-corrected chi connectivity index (χ2v) is 4.06. The molecule has 0 bridgehead atoms. The van der Waals surface area contributed by atoms with Gasteiger partial charge in [-0.05, 0) is 6.07 Å². The van der Waals surface area contributed by atoms with Gasteiger partial charge < -0.3 is 20.9 Å². The lowest BCUT2D eigenvalue weighted by Gasteiger charge is -2.14. The Hall–Kier alpha value is -2.15. The summed E-state index contributed by atoms with van der Waals surface area (Å²) >= 11 is 0. The van der Waals surface area contributed by atoms with Crippen LogP contribution in [0.2, 0.25) is 0 Å². The van der Waals surface area contributed by atoms with E-state index >= 15 is 0 Å². The van der Waals surface area contributed by atoms with E-state index in [0.717, 1.165) is 0 Å². The Balaban J connectivity index is 2.02. The normalized spacial score (nSPS) is 19.0. The summed E-state index contributed by atoms with van der Waals surface area (Å²) in [4.78, 5) is 26.3. The first-order valence-electron chi connectivity index (χ1n) is 5.41. The van der Waals surface area contributed by atoms with Crippen LogP contribution < -0.4 is 11.1 Å². The van der Waals surface area contributed by atoms with Crippen LogP contribution in [-0.2, 0) is 9.53 Å². The van der Waals surface area contributed by atoms with Crippen molar-refractivity contribution in [2.24, 2.45) is 0 Å². The van der Waals surface area contributed by atoms with Crippen LogP contribution in [0.4, 0.5) is 5.69 Å². The molecule has 0 saturated carbocycles. The SMILES string of the molecule is Nc1cncc(C(=O)N[C@@H](CC(=O)O)C2CO2)c1. The third-order valence-electron chi connectivity index (χ3n) is 2.54. The number of epoxide rings is 1. The van der Waals surface area contributed by atoms with Crippen molar-refractivity contribution < 1.29 is 19.4 Å².